The van der Waals surface area contributed by atoms with E-state index in [0.717, 1.165) is 11.1 Å². The molecular weight excluding hydrogens is 240 g/mol. The molecule has 0 saturated carbocycles. The highest BCUT2D eigenvalue weighted by Gasteiger charge is 2.15. The Labute approximate surface area is 112 Å². The predicted molar refractivity (Wildman–Crippen MR) is 72.7 cm³/mol. The average molecular weight is 256 g/mol. The molecule has 0 spiro atoms. The zero-order valence-electron chi connectivity index (χ0n) is 10.5. The maximum Gasteiger partial charge on any atom is 0.265 e. The molecule has 4 nitrogen and oxygen atoms in total. The number of nitrogens with one attached hydrogen (secondary N) is 1. The van der Waals surface area contributed by atoms with Crippen LogP contribution in [0.5, 0.6) is 0 Å². The third-order valence-corrected chi connectivity index (χ3v) is 2.70. The first-order valence-electron chi connectivity index (χ1n) is 6.03. The number of carbonyl (C=O) groups is 1. The molecule has 4 heteroatoms. The predicted octanol–water partition coefficient (Wildman–Crippen LogP) is 1.93. The molecule has 0 fully saturated rings. The van der Waals surface area contributed by atoms with Crippen LogP contribution in [0.3, 0.4) is 0 Å². The summed E-state index contributed by atoms with van der Waals surface area (Å²) < 4.78 is 0. The van der Waals surface area contributed by atoms with Crippen molar-refractivity contribution in [1.82, 2.24) is 5.48 Å². The van der Waals surface area contributed by atoms with Crippen LogP contribution in [-0.2, 0) is 16.2 Å². The lowest BCUT2D eigenvalue weighted by atomic mass is 10.1. The molecule has 0 saturated heterocycles. The summed E-state index contributed by atoms with van der Waals surface area (Å²) in [6.45, 7) is 0.314. The van der Waals surface area contributed by atoms with Crippen LogP contribution >= 0.6 is 0 Å². The fourth-order valence-corrected chi connectivity index (χ4v) is 1.64. The van der Waals surface area contributed by atoms with Crippen molar-refractivity contribution in [2.24, 2.45) is 5.73 Å². The monoisotopic (exact) mass is 256 g/mol. The Morgan fingerprint density at radius 2 is 1.63 bits per heavy atom. The van der Waals surface area contributed by atoms with Gasteiger partial charge in [0.15, 0.2) is 0 Å². The van der Waals surface area contributed by atoms with Gasteiger partial charge in [0.2, 0.25) is 0 Å². The maximum absolute atomic E-state index is 11.8. The molecule has 19 heavy (non-hydrogen) atoms. The molecule has 2 rings (SSSR count). The lowest BCUT2D eigenvalue weighted by Crippen LogP contribution is -2.34. The highest BCUT2D eigenvalue weighted by Crippen LogP contribution is 2.09. The normalized spacial score (nSPS) is 11.8. The molecule has 0 aliphatic heterocycles. The molecule has 2 aromatic rings. The van der Waals surface area contributed by atoms with Crippen molar-refractivity contribution in [3.63, 3.8) is 0 Å². The van der Waals surface area contributed by atoms with E-state index in [1.165, 1.54) is 0 Å². The van der Waals surface area contributed by atoms with E-state index >= 15 is 0 Å². The fourth-order valence-electron chi connectivity index (χ4n) is 1.64. The first-order valence-corrected chi connectivity index (χ1v) is 6.03. The van der Waals surface area contributed by atoms with Crippen LogP contribution < -0.4 is 11.2 Å². The lowest BCUT2D eigenvalue weighted by Gasteiger charge is -2.12. The van der Waals surface area contributed by atoms with E-state index < -0.39 is 6.04 Å². The number of carbonyl (C=O) groups excluding carboxylic acids is 1. The van der Waals surface area contributed by atoms with E-state index in [1.807, 2.05) is 48.5 Å². The Morgan fingerprint density at radius 3 is 2.26 bits per heavy atom. The van der Waals surface area contributed by atoms with E-state index in [4.69, 9.17) is 10.6 Å². The van der Waals surface area contributed by atoms with Gasteiger partial charge in [0, 0.05) is 0 Å². The number of hydrogen-bond acceptors (Lipinski definition) is 3. The second-order valence-electron chi connectivity index (χ2n) is 4.13. The first-order chi connectivity index (χ1) is 9.27. The highest BCUT2D eigenvalue weighted by atomic mass is 16.6. The molecule has 0 heterocycles. The van der Waals surface area contributed by atoms with Crippen LogP contribution in [0.1, 0.15) is 17.2 Å². The number of benzene rings is 2. The summed E-state index contributed by atoms with van der Waals surface area (Å²) in [6.07, 6.45) is 0. The van der Waals surface area contributed by atoms with Crippen LogP contribution in [-0.4, -0.2) is 5.91 Å². The van der Waals surface area contributed by atoms with Gasteiger partial charge in [0.1, 0.15) is 6.04 Å². The van der Waals surface area contributed by atoms with Crippen molar-refractivity contribution >= 4 is 5.91 Å². The first kappa shape index (κ1) is 13.3. The van der Waals surface area contributed by atoms with Crippen LogP contribution in [0.4, 0.5) is 0 Å². The van der Waals surface area contributed by atoms with Gasteiger partial charge in [0.25, 0.3) is 5.91 Å². The Hall–Kier alpha value is -2.17. The molecule has 98 valence electrons. The van der Waals surface area contributed by atoms with Crippen LogP contribution in [0.25, 0.3) is 0 Å². The molecule has 1 amide bonds. The fraction of sp³-hybridized carbons (Fsp3) is 0.133. The van der Waals surface area contributed by atoms with Gasteiger partial charge in [-0.2, -0.15) is 0 Å². The maximum atomic E-state index is 11.8. The summed E-state index contributed by atoms with van der Waals surface area (Å²) >= 11 is 0. The van der Waals surface area contributed by atoms with Gasteiger partial charge in [0.05, 0.1) is 6.61 Å². The SMILES string of the molecule is N[C@H](C(=O)NOCc1ccccc1)c1ccccc1. The van der Waals surface area contributed by atoms with Gasteiger partial charge in [-0.15, -0.1) is 0 Å². The smallest absolute Gasteiger partial charge is 0.265 e. The van der Waals surface area contributed by atoms with Gasteiger partial charge in [-0.25, -0.2) is 5.48 Å². The quantitative estimate of drug-likeness (QED) is 0.803. The van der Waals surface area contributed by atoms with E-state index in [2.05, 4.69) is 5.48 Å². The molecule has 0 radical (unpaired) electrons. The number of hydroxylamine groups is 1. The summed E-state index contributed by atoms with van der Waals surface area (Å²) in [7, 11) is 0. The van der Waals surface area contributed by atoms with E-state index in [9.17, 15) is 4.79 Å². The van der Waals surface area contributed by atoms with Crippen LogP contribution in [0.2, 0.25) is 0 Å². The third kappa shape index (κ3) is 3.91. The molecule has 0 aliphatic carbocycles. The molecule has 0 bridgehead atoms. The van der Waals surface area contributed by atoms with Gasteiger partial charge in [-0.3, -0.25) is 9.63 Å². The molecule has 0 aliphatic rings. The molecule has 0 unspecified atom stereocenters. The van der Waals surface area contributed by atoms with E-state index in [1.54, 1.807) is 12.1 Å². The molecule has 3 N–H and O–H groups in total. The molecule has 0 aromatic heterocycles. The minimum absolute atomic E-state index is 0.314. The van der Waals surface area contributed by atoms with Crippen molar-refractivity contribution < 1.29 is 9.63 Å². The third-order valence-electron chi connectivity index (χ3n) is 2.70. The topological polar surface area (TPSA) is 64.4 Å². The number of hydrogen-bond donors (Lipinski definition) is 2. The zero-order valence-corrected chi connectivity index (χ0v) is 10.5. The van der Waals surface area contributed by atoms with Crippen molar-refractivity contribution in [2.75, 3.05) is 0 Å². The number of amides is 1. The Kier molecular flexibility index (Phi) is 4.66. The van der Waals surface area contributed by atoms with Crippen molar-refractivity contribution in [2.45, 2.75) is 12.6 Å². The second kappa shape index (κ2) is 6.68. The molecule has 1 atom stereocenters. The van der Waals surface area contributed by atoms with Gasteiger partial charge in [-0.05, 0) is 11.1 Å². The summed E-state index contributed by atoms with van der Waals surface area (Å²) in [5.74, 6) is -0.359. The summed E-state index contributed by atoms with van der Waals surface area (Å²) in [5.41, 5.74) is 9.93. The van der Waals surface area contributed by atoms with Gasteiger partial charge < -0.3 is 5.73 Å². The highest BCUT2D eigenvalue weighted by molar-refractivity contribution is 5.81. The Morgan fingerprint density at radius 1 is 1.05 bits per heavy atom. The minimum Gasteiger partial charge on any atom is -0.316 e. The van der Waals surface area contributed by atoms with Crippen molar-refractivity contribution in [3.05, 3.63) is 71.8 Å². The minimum atomic E-state index is -0.725. The van der Waals surface area contributed by atoms with Crippen molar-refractivity contribution in [3.8, 4) is 0 Å². The van der Waals surface area contributed by atoms with Gasteiger partial charge >= 0.3 is 0 Å². The number of rotatable bonds is 5. The van der Waals surface area contributed by atoms with Crippen molar-refractivity contribution in [1.29, 1.82) is 0 Å². The molecular formula is C15H16N2O2. The van der Waals surface area contributed by atoms with Crippen LogP contribution in [0.15, 0.2) is 60.7 Å². The van der Waals surface area contributed by atoms with E-state index in [0.29, 0.717) is 6.61 Å². The van der Waals surface area contributed by atoms with E-state index in [-0.39, 0.29) is 5.91 Å². The Bertz CT molecular complexity index is 514. The summed E-state index contributed by atoms with van der Waals surface area (Å²) in [4.78, 5) is 16.9. The van der Waals surface area contributed by atoms with Crippen LogP contribution in [0, 0.1) is 0 Å². The standard InChI is InChI=1S/C15H16N2O2/c16-14(13-9-5-2-6-10-13)15(18)17-19-11-12-7-3-1-4-8-12/h1-10,14H,11,16H2,(H,17,18)/t14-/m0/s1. The second-order valence-corrected chi connectivity index (χ2v) is 4.13. The average Bonchev–Trinajstić information content (AvgIpc) is 2.48. The molecule has 2 aromatic carbocycles. The zero-order chi connectivity index (χ0) is 13.5. The Balaban J connectivity index is 1.82. The van der Waals surface area contributed by atoms with Gasteiger partial charge in [-0.1, -0.05) is 60.7 Å². The number of nitrogens with two attached hydrogens (primary N) is 1. The largest absolute Gasteiger partial charge is 0.316 e. The summed E-state index contributed by atoms with van der Waals surface area (Å²) in [5, 5.41) is 0. The lowest BCUT2D eigenvalue weighted by molar-refractivity contribution is -0.136. The summed E-state index contributed by atoms with van der Waals surface area (Å²) in [6, 6.07) is 18.0.